The summed E-state index contributed by atoms with van der Waals surface area (Å²) in [6.07, 6.45) is 2.73. The summed E-state index contributed by atoms with van der Waals surface area (Å²) in [5.74, 6) is -0.0601. The van der Waals surface area contributed by atoms with Gasteiger partial charge in [0.05, 0.1) is 27.1 Å². The Bertz CT molecular complexity index is 849. The summed E-state index contributed by atoms with van der Waals surface area (Å²) in [7, 11) is 0. The van der Waals surface area contributed by atoms with Crippen LogP contribution in [-0.4, -0.2) is 36.7 Å². The SMILES string of the molecule is N#C/C(=C1/SCC(c2ncc(NC(=O)O)cc2F)S1)n1cncn1. The number of rotatable bonds is 3. The van der Waals surface area contributed by atoms with Crippen molar-refractivity contribution in [3.63, 3.8) is 0 Å². The predicted molar refractivity (Wildman–Crippen MR) is 87.5 cm³/mol. The number of halogens is 1. The van der Waals surface area contributed by atoms with Crippen LogP contribution in [0.25, 0.3) is 5.70 Å². The molecule has 11 heteroatoms. The molecule has 1 saturated heterocycles. The molecule has 1 unspecified atom stereocenters. The van der Waals surface area contributed by atoms with Crippen LogP contribution in [0.3, 0.4) is 0 Å². The van der Waals surface area contributed by atoms with Crippen molar-refractivity contribution in [1.29, 1.82) is 5.26 Å². The summed E-state index contributed by atoms with van der Waals surface area (Å²) >= 11 is 2.74. The number of pyridine rings is 1. The highest BCUT2D eigenvalue weighted by atomic mass is 32.2. The molecule has 2 N–H and O–H groups in total. The van der Waals surface area contributed by atoms with Crippen molar-refractivity contribution in [2.75, 3.05) is 11.1 Å². The van der Waals surface area contributed by atoms with E-state index in [1.54, 1.807) is 0 Å². The number of hydrogen-bond acceptors (Lipinski definition) is 7. The second-order valence-corrected chi connectivity index (χ2v) is 7.03. The van der Waals surface area contributed by atoms with Gasteiger partial charge in [0.25, 0.3) is 0 Å². The molecule has 0 aromatic carbocycles. The highest BCUT2D eigenvalue weighted by Crippen LogP contribution is 2.51. The predicted octanol–water partition coefficient (Wildman–Crippen LogP) is 2.77. The summed E-state index contributed by atoms with van der Waals surface area (Å²) in [6, 6.07) is 3.16. The third-order valence-electron chi connectivity index (χ3n) is 2.99. The minimum atomic E-state index is -1.29. The van der Waals surface area contributed by atoms with Gasteiger partial charge in [0.1, 0.15) is 24.5 Å². The number of allylic oxidation sites excluding steroid dienone is 1. The van der Waals surface area contributed by atoms with Crippen LogP contribution >= 0.6 is 23.5 Å². The summed E-state index contributed by atoms with van der Waals surface area (Å²) in [6.45, 7) is 0. The number of amides is 1. The van der Waals surface area contributed by atoms with Crippen LogP contribution in [0.15, 0.2) is 29.2 Å². The molecule has 1 atom stereocenters. The topological polar surface area (TPSA) is 117 Å². The van der Waals surface area contributed by atoms with Gasteiger partial charge in [0.2, 0.25) is 0 Å². The Morgan fingerprint density at radius 2 is 2.42 bits per heavy atom. The molecule has 0 spiro atoms. The Morgan fingerprint density at radius 3 is 3.04 bits per heavy atom. The van der Waals surface area contributed by atoms with E-state index in [4.69, 9.17) is 5.11 Å². The van der Waals surface area contributed by atoms with Gasteiger partial charge in [-0.05, 0) is 0 Å². The molecule has 1 aliphatic heterocycles. The number of thioether (sulfide) groups is 2. The van der Waals surface area contributed by atoms with Crippen molar-refractivity contribution in [3.05, 3.63) is 40.7 Å². The zero-order valence-corrected chi connectivity index (χ0v) is 13.5. The number of aromatic nitrogens is 4. The van der Waals surface area contributed by atoms with Gasteiger partial charge in [0, 0.05) is 11.8 Å². The maximum atomic E-state index is 14.2. The quantitative estimate of drug-likeness (QED) is 0.799. The van der Waals surface area contributed by atoms with Crippen LogP contribution in [0.5, 0.6) is 0 Å². The van der Waals surface area contributed by atoms with E-state index >= 15 is 0 Å². The summed E-state index contributed by atoms with van der Waals surface area (Å²) in [5, 5.41) is 23.6. The van der Waals surface area contributed by atoms with Crippen molar-refractivity contribution < 1.29 is 14.3 Å². The van der Waals surface area contributed by atoms with E-state index in [0.717, 1.165) is 6.07 Å². The molecule has 0 aliphatic carbocycles. The molecule has 3 heterocycles. The van der Waals surface area contributed by atoms with Crippen LogP contribution in [0.2, 0.25) is 0 Å². The Hall–Kier alpha value is -2.58. The lowest BCUT2D eigenvalue weighted by Crippen LogP contribution is -2.09. The lowest BCUT2D eigenvalue weighted by molar-refractivity contribution is 0.209. The number of anilines is 1. The molecule has 2 aromatic heterocycles. The van der Waals surface area contributed by atoms with Gasteiger partial charge in [-0.2, -0.15) is 10.4 Å². The van der Waals surface area contributed by atoms with Crippen LogP contribution in [0, 0.1) is 17.1 Å². The molecule has 1 amide bonds. The lowest BCUT2D eigenvalue weighted by Gasteiger charge is -2.09. The molecule has 122 valence electrons. The minimum absolute atomic E-state index is 0.0653. The summed E-state index contributed by atoms with van der Waals surface area (Å²) in [4.78, 5) is 18.4. The third kappa shape index (κ3) is 3.34. The summed E-state index contributed by atoms with van der Waals surface area (Å²) < 4.78 is 16.3. The van der Waals surface area contributed by atoms with Crippen LogP contribution in [-0.2, 0) is 0 Å². The second-order valence-electron chi connectivity index (χ2n) is 4.53. The number of nitriles is 1. The van der Waals surface area contributed by atoms with E-state index in [-0.39, 0.29) is 16.6 Å². The first kappa shape index (κ1) is 16.3. The fourth-order valence-corrected chi connectivity index (χ4v) is 4.83. The maximum absolute atomic E-state index is 14.2. The van der Waals surface area contributed by atoms with Crippen molar-refractivity contribution in [2.24, 2.45) is 0 Å². The zero-order chi connectivity index (χ0) is 17.1. The van der Waals surface area contributed by atoms with Gasteiger partial charge in [-0.25, -0.2) is 18.9 Å². The van der Waals surface area contributed by atoms with E-state index in [1.165, 1.54) is 47.1 Å². The average molecular weight is 364 g/mol. The molecule has 0 radical (unpaired) electrons. The smallest absolute Gasteiger partial charge is 0.409 e. The first-order chi connectivity index (χ1) is 11.6. The first-order valence-electron chi connectivity index (χ1n) is 6.52. The first-order valence-corrected chi connectivity index (χ1v) is 8.39. The summed E-state index contributed by atoms with van der Waals surface area (Å²) in [5.41, 5.74) is 0.611. The van der Waals surface area contributed by atoms with E-state index < -0.39 is 11.9 Å². The minimum Gasteiger partial charge on any atom is -0.465 e. The molecule has 1 aliphatic rings. The van der Waals surface area contributed by atoms with Gasteiger partial charge in [-0.15, -0.1) is 23.5 Å². The van der Waals surface area contributed by atoms with Gasteiger partial charge in [0.15, 0.2) is 5.70 Å². The number of hydrogen-bond donors (Lipinski definition) is 2. The number of nitrogens with one attached hydrogen (secondary N) is 1. The maximum Gasteiger partial charge on any atom is 0.409 e. The van der Waals surface area contributed by atoms with Crippen molar-refractivity contribution in [2.45, 2.75) is 5.25 Å². The third-order valence-corrected chi connectivity index (χ3v) is 5.88. The molecule has 3 rings (SSSR count). The largest absolute Gasteiger partial charge is 0.465 e. The van der Waals surface area contributed by atoms with Gasteiger partial charge in [-0.3, -0.25) is 10.3 Å². The van der Waals surface area contributed by atoms with E-state index in [9.17, 15) is 14.4 Å². The molecule has 24 heavy (non-hydrogen) atoms. The van der Waals surface area contributed by atoms with E-state index in [0.29, 0.717) is 15.7 Å². The highest BCUT2D eigenvalue weighted by molar-refractivity contribution is 8.25. The molecular formula is C13H9FN6O2S2. The Kier molecular flexibility index (Phi) is 4.68. The Balaban J connectivity index is 1.83. The van der Waals surface area contributed by atoms with Gasteiger partial charge >= 0.3 is 6.09 Å². The van der Waals surface area contributed by atoms with Crippen LogP contribution in [0.1, 0.15) is 10.9 Å². The van der Waals surface area contributed by atoms with E-state index in [2.05, 4.69) is 21.1 Å². The Labute approximate surface area is 143 Å². The van der Waals surface area contributed by atoms with Crippen LogP contribution in [0.4, 0.5) is 14.9 Å². The lowest BCUT2D eigenvalue weighted by atomic mass is 10.2. The second kappa shape index (κ2) is 6.90. The van der Waals surface area contributed by atoms with E-state index in [1.807, 2.05) is 5.32 Å². The highest BCUT2D eigenvalue weighted by Gasteiger charge is 2.29. The van der Waals surface area contributed by atoms with Gasteiger partial charge in [-0.1, -0.05) is 0 Å². The molecular weight excluding hydrogens is 355 g/mol. The average Bonchev–Trinajstić information content (AvgIpc) is 3.20. The number of carbonyl (C=O) groups is 1. The monoisotopic (exact) mass is 364 g/mol. The normalized spacial score (nSPS) is 18.9. The fourth-order valence-electron chi connectivity index (χ4n) is 2.00. The molecule has 1 fully saturated rings. The molecule has 0 bridgehead atoms. The van der Waals surface area contributed by atoms with Crippen molar-refractivity contribution in [1.82, 2.24) is 19.7 Å². The zero-order valence-electron chi connectivity index (χ0n) is 11.9. The van der Waals surface area contributed by atoms with Crippen LogP contribution < -0.4 is 5.32 Å². The van der Waals surface area contributed by atoms with Gasteiger partial charge < -0.3 is 5.11 Å². The molecule has 0 saturated carbocycles. The van der Waals surface area contributed by atoms with Crippen molar-refractivity contribution in [3.8, 4) is 6.07 Å². The fraction of sp³-hybridized carbons (Fsp3) is 0.154. The van der Waals surface area contributed by atoms with Crippen molar-refractivity contribution >= 4 is 41.0 Å². The molecule has 8 nitrogen and oxygen atoms in total. The Morgan fingerprint density at radius 1 is 1.58 bits per heavy atom. The molecule has 2 aromatic rings. The number of nitrogens with zero attached hydrogens (tertiary/aromatic N) is 5. The number of carboxylic acid groups (broad SMARTS) is 1. The standard InChI is InChI=1S/C13H9FN6O2S2/c14-8-1-7(19-13(21)22)3-17-11(8)10-4-23-12(24-10)9(2-15)20-6-16-5-18-20/h1,3,5-6,10,19H,4H2,(H,21,22)/b12-9+.